The molecule has 1 aromatic carbocycles. The Balaban J connectivity index is 1.60. The van der Waals surface area contributed by atoms with Gasteiger partial charge in [0.2, 0.25) is 5.88 Å². The van der Waals surface area contributed by atoms with Crippen LogP contribution in [0.5, 0.6) is 23.1 Å². The van der Waals surface area contributed by atoms with Crippen molar-refractivity contribution in [1.82, 2.24) is 15.0 Å². The first kappa shape index (κ1) is 21.2. The van der Waals surface area contributed by atoms with Crippen LogP contribution in [0, 0.1) is 11.6 Å². The van der Waals surface area contributed by atoms with Crippen molar-refractivity contribution in [2.24, 2.45) is 0 Å². The van der Waals surface area contributed by atoms with E-state index in [2.05, 4.69) is 20.3 Å². The molecule has 164 valence electrons. The lowest BCUT2D eigenvalue weighted by atomic mass is 10.2. The van der Waals surface area contributed by atoms with Gasteiger partial charge in [-0.2, -0.15) is 0 Å². The summed E-state index contributed by atoms with van der Waals surface area (Å²) in [6.07, 6.45) is 4.46. The van der Waals surface area contributed by atoms with E-state index in [0.717, 1.165) is 12.1 Å². The topological polar surface area (TPSA) is 98.6 Å². The van der Waals surface area contributed by atoms with Crippen LogP contribution in [0.2, 0.25) is 0 Å². The van der Waals surface area contributed by atoms with Crippen LogP contribution in [0.15, 0.2) is 55.1 Å². The van der Waals surface area contributed by atoms with Crippen LogP contribution in [0.4, 0.5) is 14.5 Å². The number of ether oxygens (including phenoxy) is 3. The first-order chi connectivity index (χ1) is 15.5. The molecular weight excluding hydrogens is 422 g/mol. The molecule has 0 radical (unpaired) electrons. The lowest BCUT2D eigenvalue weighted by Crippen LogP contribution is -2.12. The third-order valence-electron chi connectivity index (χ3n) is 4.61. The minimum atomic E-state index is -1.31. The minimum Gasteiger partial charge on any atom is -0.496 e. The van der Waals surface area contributed by atoms with Gasteiger partial charge in [0, 0.05) is 48.7 Å². The highest BCUT2D eigenvalue weighted by Gasteiger charge is 2.19. The number of aliphatic hydroxyl groups excluding tert-OH is 1. The van der Waals surface area contributed by atoms with Crippen molar-refractivity contribution in [2.75, 3.05) is 19.5 Å². The van der Waals surface area contributed by atoms with E-state index in [4.69, 9.17) is 14.2 Å². The highest BCUT2D eigenvalue weighted by molar-refractivity contribution is 5.85. The van der Waals surface area contributed by atoms with Crippen molar-refractivity contribution in [1.29, 1.82) is 0 Å². The SMILES string of the molecule is COc1cc2nccc(Oc3c(F)cc(NC(O)c4cnccc4OC)cc3F)c2cn1. The van der Waals surface area contributed by atoms with Gasteiger partial charge < -0.3 is 24.6 Å². The molecule has 0 saturated heterocycles. The second-order valence-electron chi connectivity index (χ2n) is 6.59. The highest BCUT2D eigenvalue weighted by atomic mass is 19.1. The molecular formula is C22H18F2N4O4. The van der Waals surface area contributed by atoms with Crippen molar-refractivity contribution >= 4 is 16.6 Å². The lowest BCUT2D eigenvalue weighted by molar-refractivity contribution is 0.202. The van der Waals surface area contributed by atoms with Crippen LogP contribution < -0.4 is 19.5 Å². The zero-order chi connectivity index (χ0) is 22.7. The molecule has 3 aromatic heterocycles. The third-order valence-corrected chi connectivity index (χ3v) is 4.61. The molecule has 1 unspecified atom stereocenters. The van der Waals surface area contributed by atoms with Crippen LogP contribution in [0.3, 0.4) is 0 Å². The number of nitrogens with one attached hydrogen (secondary N) is 1. The summed E-state index contributed by atoms with van der Waals surface area (Å²) < 4.78 is 45.2. The number of pyridine rings is 3. The number of aliphatic hydroxyl groups is 1. The fraction of sp³-hybridized carbons (Fsp3) is 0.136. The quantitative estimate of drug-likeness (QED) is 0.412. The van der Waals surface area contributed by atoms with Crippen molar-refractivity contribution < 1.29 is 28.1 Å². The molecule has 2 N–H and O–H groups in total. The normalized spacial score (nSPS) is 11.8. The van der Waals surface area contributed by atoms with Crippen molar-refractivity contribution in [3.63, 3.8) is 0 Å². The van der Waals surface area contributed by atoms with Gasteiger partial charge in [0.1, 0.15) is 11.5 Å². The number of rotatable bonds is 7. The van der Waals surface area contributed by atoms with E-state index in [1.165, 1.54) is 45.1 Å². The molecule has 0 aliphatic rings. The Hall–Kier alpha value is -4.05. The molecule has 0 aliphatic heterocycles. The Morgan fingerprint density at radius 2 is 1.69 bits per heavy atom. The number of halogens is 2. The van der Waals surface area contributed by atoms with E-state index < -0.39 is 23.6 Å². The van der Waals surface area contributed by atoms with Crippen molar-refractivity contribution in [3.8, 4) is 23.1 Å². The molecule has 0 aliphatic carbocycles. The average Bonchev–Trinajstić information content (AvgIpc) is 2.81. The van der Waals surface area contributed by atoms with Gasteiger partial charge in [-0.25, -0.2) is 13.8 Å². The van der Waals surface area contributed by atoms with Gasteiger partial charge in [-0.1, -0.05) is 0 Å². The summed E-state index contributed by atoms with van der Waals surface area (Å²) >= 11 is 0. The molecule has 8 nitrogen and oxygen atoms in total. The molecule has 4 aromatic rings. The smallest absolute Gasteiger partial charge is 0.215 e. The number of methoxy groups -OCH3 is 2. The molecule has 0 fully saturated rings. The molecule has 32 heavy (non-hydrogen) atoms. The largest absolute Gasteiger partial charge is 0.496 e. The van der Waals surface area contributed by atoms with Gasteiger partial charge in [0.25, 0.3) is 0 Å². The zero-order valence-electron chi connectivity index (χ0n) is 17.0. The van der Waals surface area contributed by atoms with Crippen LogP contribution in [-0.2, 0) is 0 Å². The average molecular weight is 440 g/mol. The summed E-state index contributed by atoms with van der Waals surface area (Å²) in [5.41, 5.74) is 0.793. The maximum absolute atomic E-state index is 14.7. The first-order valence-electron chi connectivity index (χ1n) is 9.38. The number of benzene rings is 1. The number of fused-ring (bicyclic) bond motifs is 1. The molecule has 0 amide bonds. The summed E-state index contributed by atoms with van der Waals surface area (Å²) in [5, 5.41) is 13.5. The summed E-state index contributed by atoms with van der Waals surface area (Å²) in [5.74, 6) is -1.65. The third kappa shape index (κ3) is 4.21. The molecule has 1 atom stereocenters. The molecule has 4 rings (SSSR count). The van der Waals surface area contributed by atoms with Crippen LogP contribution in [0.25, 0.3) is 10.9 Å². The van der Waals surface area contributed by atoms with Crippen LogP contribution in [-0.4, -0.2) is 34.3 Å². The number of hydrogen-bond acceptors (Lipinski definition) is 8. The summed E-state index contributed by atoms with van der Waals surface area (Å²) in [6, 6.07) is 6.63. The predicted molar refractivity (Wildman–Crippen MR) is 112 cm³/mol. The number of nitrogens with zero attached hydrogens (tertiary/aromatic N) is 3. The Labute approximate surface area is 181 Å². The predicted octanol–water partition coefficient (Wildman–Crippen LogP) is 4.22. The fourth-order valence-corrected chi connectivity index (χ4v) is 3.07. The van der Waals surface area contributed by atoms with Gasteiger partial charge in [-0.05, 0) is 12.1 Å². The van der Waals surface area contributed by atoms with Crippen LogP contribution in [0.1, 0.15) is 11.8 Å². The maximum atomic E-state index is 14.7. The second kappa shape index (κ2) is 8.98. The molecule has 10 heteroatoms. The monoisotopic (exact) mass is 440 g/mol. The van der Waals surface area contributed by atoms with E-state index in [-0.39, 0.29) is 11.4 Å². The Morgan fingerprint density at radius 3 is 2.41 bits per heavy atom. The number of hydrogen-bond donors (Lipinski definition) is 2. The molecule has 0 spiro atoms. The zero-order valence-corrected chi connectivity index (χ0v) is 17.0. The van der Waals surface area contributed by atoms with E-state index in [9.17, 15) is 13.9 Å². The van der Waals surface area contributed by atoms with Gasteiger partial charge in [-0.3, -0.25) is 9.97 Å². The Kier molecular flexibility index (Phi) is 5.95. The maximum Gasteiger partial charge on any atom is 0.215 e. The van der Waals surface area contributed by atoms with Crippen molar-refractivity contribution in [2.45, 2.75) is 6.23 Å². The van der Waals surface area contributed by atoms with Crippen LogP contribution >= 0.6 is 0 Å². The Bertz CT molecular complexity index is 1250. The van der Waals surface area contributed by atoms with E-state index in [1.54, 1.807) is 12.1 Å². The summed E-state index contributed by atoms with van der Waals surface area (Å²) in [6.45, 7) is 0. The van der Waals surface area contributed by atoms with Gasteiger partial charge in [0.15, 0.2) is 23.6 Å². The molecule has 3 heterocycles. The number of anilines is 1. The fourth-order valence-electron chi connectivity index (χ4n) is 3.07. The summed E-state index contributed by atoms with van der Waals surface area (Å²) in [7, 11) is 2.90. The standard InChI is InChI=1S/C22H18F2N4O4/c1-30-18-3-5-25-10-14(18)22(29)28-12-7-15(23)21(16(24)8-12)32-19-4-6-26-17-9-20(31-2)27-11-13(17)19/h3-11,22,28-29H,1-2H3. The second-order valence-corrected chi connectivity index (χ2v) is 6.59. The lowest BCUT2D eigenvalue weighted by Gasteiger charge is -2.18. The van der Waals surface area contributed by atoms with E-state index in [1.807, 2.05) is 0 Å². The van der Waals surface area contributed by atoms with Crippen molar-refractivity contribution in [3.05, 3.63) is 72.3 Å². The van der Waals surface area contributed by atoms with Gasteiger partial charge in [0.05, 0.1) is 30.7 Å². The number of aromatic nitrogens is 3. The van der Waals surface area contributed by atoms with E-state index >= 15 is 0 Å². The summed E-state index contributed by atoms with van der Waals surface area (Å²) in [4.78, 5) is 12.2. The van der Waals surface area contributed by atoms with Gasteiger partial charge >= 0.3 is 0 Å². The van der Waals surface area contributed by atoms with E-state index in [0.29, 0.717) is 28.1 Å². The Morgan fingerprint density at radius 1 is 0.938 bits per heavy atom. The molecule has 0 saturated carbocycles. The molecule has 0 bridgehead atoms. The van der Waals surface area contributed by atoms with Gasteiger partial charge in [-0.15, -0.1) is 0 Å². The first-order valence-corrected chi connectivity index (χ1v) is 9.38. The highest BCUT2D eigenvalue weighted by Crippen LogP contribution is 2.35. The minimum absolute atomic E-state index is 0.00301.